The molecule has 0 bridgehead atoms. The quantitative estimate of drug-likeness (QED) is 0.599. The van der Waals surface area contributed by atoms with Gasteiger partial charge < -0.3 is 9.47 Å². The van der Waals surface area contributed by atoms with E-state index in [1.165, 1.54) is 23.5 Å². The van der Waals surface area contributed by atoms with Gasteiger partial charge in [-0.15, -0.1) is 10.2 Å². The summed E-state index contributed by atoms with van der Waals surface area (Å²) in [4.78, 5) is 11.8. The summed E-state index contributed by atoms with van der Waals surface area (Å²) in [6.45, 7) is 7.09. The third-order valence-corrected chi connectivity index (χ3v) is 4.31. The van der Waals surface area contributed by atoms with Crippen molar-refractivity contribution in [2.24, 2.45) is 0 Å². The summed E-state index contributed by atoms with van der Waals surface area (Å²) in [6.07, 6.45) is -0.722. The van der Waals surface area contributed by atoms with Crippen LogP contribution < -0.4 is 10.1 Å². The van der Waals surface area contributed by atoms with Crippen molar-refractivity contribution >= 4 is 23.1 Å². The zero-order valence-electron chi connectivity index (χ0n) is 15.9. The number of rotatable bonds is 4. The molecular weight excluding hydrogens is 381 g/mol. The Morgan fingerprint density at radius 3 is 2.50 bits per heavy atom. The molecule has 1 N–H and O–H groups in total. The molecule has 3 rings (SSSR count). The number of amides is 1. The average Bonchev–Trinajstić information content (AvgIpc) is 3.02. The highest BCUT2D eigenvalue weighted by Gasteiger charge is 2.17. The molecule has 0 saturated heterocycles. The first kappa shape index (κ1) is 19.8. The van der Waals surface area contributed by atoms with Crippen LogP contribution in [0.1, 0.15) is 25.8 Å². The number of benzene rings is 2. The fourth-order valence-electron chi connectivity index (χ4n) is 2.32. The second kappa shape index (κ2) is 7.93. The van der Waals surface area contributed by atoms with Crippen LogP contribution in [0.15, 0.2) is 42.5 Å². The largest absolute Gasteiger partial charge is 0.457 e. The zero-order valence-corrected chi connectivity index (χ0v) is 16.8. The van der Waals surface area contributed by atoms with Gasteiger partial charge in [0.2, 0.25) is 0 Å². The summed E-state index contributed by atoms with van der Waals surface area (Å²) in [6, 6.07) is 11.5. The lowest BCUT2D eigenvalue weighted by molar-refractivity contribution is 0.0635. The molecular formula is C20H20FN3O3S. The summed E-state index contributed by atoms with van der Waals surface area (Å²) in [7, 11) is 0. The summed E-state index contributed by atoms with van der Waals surface area (Å²) < 4.78 is 25.2. The molecule has 0 aliphatic rings. The molecule has 0 radical (unpaired) electrons. The van der Waals surface area contributed by atoms with E-state index in [0.717, 1.165) is 15.6 Å². The van der Waals surface area contributed by atoms with Crippen LogP contribution in [0.4, 0.5) is 14.9 Å². The van der Waals surface area contributed by atoms with Crippen molar-refractivity contribution in [3.8, 4) is 22.1 Å². The minimum absolute atomic E-state index is 0.0136. The molecule has 0 aliphatic heterocycles. The van der Waals surface area contributed by atoms with Gasteiger partial charge in [-0.3, -0.25) is 5.32 Å². The minimum atomic E-state index is -0.722. The highest BCUT2D eigenvalue weighted by Crippen LogP contribution is 2.30. The van der Waals surface area contributed by atoms with Crippen LogP contribution >= 0.6 is 11.3 Å². The number of aromatic nitrogens is 2. The molecule has 0 spiro atoms. The molecule has 0 unspecified atom stereocenters. The van der Waals surface area contributed by atoms with Crippen LogP contribution in [0.2, 0.25) is 0 Å². The molecule has 146 valence electrons. The van der Waals surface area contributed by atoms with Gasteiger partial charge in [-0.2, -0.15) is 0 Å². The number of nitrogens with zero attached hydrogens (tertiary/aromatic N) is 2. The van der Waals surface area contributed by atoms with Crippen molar-refractivity contribution in [2.75, 3.05) is 5.32 Å². The number of halogens is 1. The lowest BCUT2D eigenvalue weighted by Gasteiger charge is -2.19. The van der Waals surface area contributed by atoms with E-state index in [0.29, 0.717) is 11.5 Å². The molecule has 6 nitrogen and oxygen atoms in total. The highest BCUT2D eigenvalue weighted by molar-refractivity contribution is 7.14. The first-order valence-electron chi connectivity index (χ1n) is 8.57. The van der Waals surface area contributed by atoms with Crippen LogP contribution in [-0.4, -0.2) is 21.9 Å². The number of hydrogen-bond donors (Lipinski definition) is 1. The Bertz CT molecular complexity index is 998. The van der Waals surface area contributed by atoms with Gasteiger partial charge in [0.1, 0.15) is 27.1 Å². The maximum atomic E-state index is 14.3. The molecule has 1 amide bonds. The predicted octanol–water partition coefficient (Wildman–Crippen LogP) is 5.79. The predicted molar refractivity (Wildman–Crippen MR) is 106 cm³/mol. The second-order valence-electron chi connectivity index (χ2n) is 7.02. The molecule has 8 heteroatoms. The Balaban J connectivity index is 1.72. The van der Waals surface area contributed by atoms with Crippen molar-refractivity contribution < 1.29 is 18.7 Å². The molecule has 0 aliphatic carbocycles. The van der Waals surface area contributed by atoms with Gasteiger partial charge in [-0.05, 0) is 52.0 Å². The van der Waals surface area contributed by atoms with E-state index in [2.05, 4.69) is 15.5 Å². The van der Waals surface area contributed by atoms with E-state index in [1.807, 2.05) is 25.1 Å². The lowest BCUT2D eigenvalue weighted by Crippen LogP contribution is -2.27. The third-order valence-electron chi connectivity index (χ3n) is 3.42. The van der Waals surface area contributed by atoms with E-state index < -0.39 is 17.5 Å². The average molecular weight is 401 g/mol. The fourth-order valence-corrected chi connectivity index (χ4v) is 3.00. The number of hydrogen-bond acceptors (Lipinski definition) is 6. The number of aryl methyl sites for hydroxylation is 1. The minimum Gasteiger partial charge on any atom is -0.457 e. The van der Waals surface area contributed by atoms with Gasteiger partial charge in [0, 0.05) is 11.6 Å². The van der Waals surface area contributed by atoms with Crippen molar-refractivity contribution in [1.29, 1.82) is 0 Å². The molecule has 0 fully saturated rings. The van der Waals surface area contributed by atoms with Gasteiger partial charge in [0.25, 0.3) is 0 Å². The number of carbonyl (C=O) groups is 1. The van der Waals surface area contributed by atoms with E-state index in [1.54, 1.807) is 32.9 Å². The molecule has 2 aromatic carbocycles. The highest BCUT2D eigenvalue weighted by atomic mass is 32.1. The van der Waals surface area contributed by atoms with Crippen molar-refractivity contribution in [1.82, 2.24) is 10.2 Å². The maximum Gasteiger partial charge on any atom is 0.412 e. The second-order valence-corrected chi connectivity index (χ2v) is 8.21. The monoisotopic (exact) mass is 401 g/mol. The van der Waals surface area contributed by atoms with Crippen LogP contribution in [0, 0.1) is 12.7 Å². The molecule has 0 saturated carbocycles. The Morgan fingerprint density at radius 2 is 1.86 bits per heavy atom. The summed E-state index contributed by atoms with van der Waals surface area (Å²) in [5, 5.41) is 12.2. The van der Waals surface area contributed by atoms with Gasteiger partial charge >= 0.3 is 6.09 Å². The molecule has 3 aromatic rings. The van der Waals surface area contributed by atoms with Gasteiger partial charge in [0.15, 0.2) is 5.82 Å². The van der Waals surface area contributed by atoms with Crippen LogP contribution in [-0.2, 0) is 4.74 Å². The van der Waals surface area contributed by atoms with Crippen molar-refractivity contribution in [3.05, 3.63) is 53.3 Å². The standard InChI is InChI=1S/C20H20FN3O3S/c1-12-23-24-18(28-12)13-6-5-7-14(10-13)26-15-8-9-17(16(21)11-15)22-19(25)27-20(2,3)4/h5-11H,1-4H3,(H,22,25). The topological polar surface area (TPSA) is 73.3 Å². The smallest absolute Gasteiger partial charge is 0.412 e. The van der Waals surface area contributed by atoms with Crippen molar-refractivity contribution in [2.45, 2.75) is 33.3 Å². The Labute approximate surface area is 166 Å². The maximum absolute atomic E-state index is 14.3. The first-order chi connectivity index (χ1) is 13.2. The van der Waals surface area contributed by atoms with Gasteiger partial charge in [-0.1, -0.05) is 23.5 Å². The van der Waals surface area contributed by atoms with Crippen LogP contribution in [0.5, 0.6) is 11.5 Å². The van der Waals surface area contributed by atoms with E-state index in [-0.39, 0.29) is 5.69 Å². The lowest BCUT2D eigenvalue weighted by atomic mass is 10.2. The number of carbonyl (C=O) groups excluding carboxylic acids is 1. The molecule has 1 aromatic heterocycles. The zero-order chi connectivity index (χ0) is 20.3. The fraction of sp³-hybridized carbons (Fsp3) is 0.250. The van der Waals surface area contributed by atoms with Crippen LogP contribution in [0.25, 0.3) is 10.6 Å². The van der Waals surface area contributed by atoms with Gasteiger partial charge in [-0.25, -0.2) is 9.18 Å². The summed E-state index contributed by atoms with van der Waals surface area (Å²) in [5.74, 6) is 0.217. The Kier molecular flexibility index (Phi) is 5.60. The molecule has 28 heavy (non-hydrogen) atoms. The molecule has 0 atom stereocenters. The molecule has 1 heterocycles. The summed E-state index contributed by atoms with van der Waals surface area (Å²) >= 11 is 1.48. The normalized spacial score (nSPS) is 11.2. The Morgan fingerprint density at radius 1 is 1.11 bits per heavy atom. The number of nitrogens with one attached hydrogen (secondary N) is 1. The van der Waals surface area contributed by atoms with Crippen molar-refractivity contribution in [3.63, 3.8) is 0 Å². The SMILES string of the molecule is Cc1nnc(-c2cccc(Oc3ccc(NC(=O)OC(C)(C)C)c(F)c3)c2)s1. The van der Waals surface area contributed by atoms with E-state index in [9.17, 15) is 9.18 Å². The number of anilines is 1. The Hall–Kier alpha value is -3.00. The van der Waals surface area contributed by atoms with Crippen LogP contribution in [0.3, 0.4) is 0 Å². The van der Waals surface area contributed by atoms with Gasteiger partial charge in [0.05, 0.1) is 5.69 Å². The van der Waals surface area contributed by atoms with E-state index >= 15 is 0 Å². The summed E-state index contributed by atoms with van der Waals surface area (Å²) in [5.41, 5.74) is 0.214. The third kappa shape index (κ3) is 5.26. The van der Waals surface area contributed by atoms with E-state index in [4.69, 9.17) is 9.47 Å². The number of ether oxygens (including phenoxy) is 2. The first-order valence-corrected chi connectivity index (χ1v) is 9.39.